The van der Waals surface area contributed by atoms with Crippen LogP contribution >= 0.6 is 0 Å². The summed E-state index contributed by atoms with van der Waals surface area (Å²) in [6.45, 7) is 2.94. The Kier molecular flexibility index (Phi) is 11.4. The molecule has 1 rings (SSSR count). The number of amides is 1. The number of carbonyl (C=O) groups is 1. The lowest BCUT2D eigenvalue weighted by molar-refractivity contribution is 0.0953. The van der Waals surface area contributed by atoms with E-state index in [-0.39, 0.29) is 5.91 Å². The Hall–Kier alpha value is -1.84. The van der Waals surface area contributed by atoms with Crippen molar-refractivity contribution in [2.24, 2.45) is 5.16 Å². The van der Waals surface area contributed by atoms with E-state index >= 15 is 0 Å². The molecule has 0 radical (unpaired) electrons. The normalized spacial score (nSPS) is 11.0. The minimum Gasteiger partial charge on any atom is -0.411 e. The molecular formula is C20H32N2O2. The fourth-order valence-electron chi connectivity index (χ4n) is 2.79. The maximum absolute atomic E-state index is 12.1. The van der Waals surface area contributed by atoms with Gasteiger partial charge in [-0.05, 0) is 12.5 Å². The summed E-state index contributed by atoms with van der Waals surface area (Å²) in [7, 11) is 0. The molecule has 2 N–H and O–H groups in total. The molecule has 1 amide bonds. The number of benzene rings is 1. The number of unbranched alkanes of at least 4 members (excludes halogenated alkanes) is 9. The summed E-state index contributed by atoms with van der Waals surface area (Å²) in [6, 6.07) is 7.13. The van der Waals surface area contributed by atoms with Crippen molar-refractivity contribution in [1.82, 2.24) is 5.32 Å². The highest BCUT2D eigenvalue weighted by atomic mass is 16.4. The van der Waals surface area contributed by atoms with Gasteiger partial charge in [0, 0.05) is 17.7 Å². The minimum absolute atomic E-state index is 0.110. The monoisotopic (exact) mass is 332 g/mol. The summed E-state index contributed by atoms with van der Waals surface area (Å²) in [4.78, 5) is 12.1. The third kappa shape index (κ3) is 8.70. The smallest absolute Gasteiger partial charge is 0.251 e. The fourth-order valence-corrected chi connectivity index (χ4v) is 2.79. The number of hydrogen-bond acceptors (Lipinski definition) is 3. The SMILES string of the molecule is CCCCCCCCCCCCNC(=O)c1ccccc1/C=N/O. The Morgan fingerprint density at radius 3 is 2.21 bits per heavy atom. The highest BCUT2D eigenvalue weighted by Gasteiger charge is 2.08. The van der Waals surface area contributed by atoms with Gasteiger partial charge in [0.15, 0.2) is 0 Å². The number of nitrogens with one attached hydrogen (secondary N) is 1. The predicted octanol–water partition coefficient (Wildman–Crippen LogP) is 5.15. The van der Waals surface area contributed by atoms with Crippen LogP contribution in [0.1, 0.15) is 87.1 Å². The molecule has 0 aliphatic carbocycles. The van der Waals surface area contributed by atoms with Crippen molar-refractivity contribution in [2.75, 3.05) is 6.54 Å². The molecule has 1 aromatic rings. The van der Waals surface area contributed by atoms with Gasteiger partial charge in [-0.15, -0.1) is 0 Å². The molecule has 0 atom stereocenters. The summed E-state index contributed by atoms with van der Waals surface area (Å²) in [5.74, 6) is -0.110. The second-order valence-electron chi connectivity index (χ2n) is 6.27. The van der Waals surface area contributed by atoms with Gasteiger partial charge < -0.3 is 10.5 Å². The summed E-state index contributed by atoms with van der Waals surface area (Å²) >= 11 is 0. The van der Waals surface area contributed by atoms with Gasteiger partial charge in [-0.2, -0.15) is 0 Å². The minimum atomic E-state index is -0.110. The standard InChI is InChI=1S/C20H32N2O2/c1-2-3-4-5-6-7-8-9-10-13-16-21-20(23)19-15-12-11-14-18(19)17-22-24/h11-12,14-15,17,24H,2-10,13,16H2,1H3,(H,21,23)/b22-17+. The second kappa shape index (κ2) is 13.6. The van der Waals surface area contributed by atoms with E-state index in [0.717, 1.165) is 12.8 Å². The first kappa shape index (κ1) is 20.2. The molecule has 0 aliphatic rings. The number of hydrogen-bond donors (Lipinski definition) is 2. The summed E-state index contributed by atoms with van der Waals surface area (Å²) in [5.41, 5.74) is 1.17. The van der Waals surface area contributed by atoms with Crippen molar-refractivity contribution in [3.8, 4) is 0 Å². The van der Waals surface area contributed by atoms with E-state index in [0.29, 0.717) is 17.7 Å². The predicted molar refractivity (Wildman–Crippen MR) is 100.0 cm³/mol. The van der Waals surface area contributed by atoms with Crippen LogP contribution in [0.4, 0.5) is 0 Å². The van der Waals surface area contributed by atoms with E-state index in [1.54, 1.807) is 12.1 Å². The van der Waals surface area contributed by atoms with Crippen molar-refractivity contribution in [2.45, 2.75) is 71.1 Å². The molecule has 24 heavy (non-hydrogen) atoms. The molecular weight excluding hydrogens is 300 g/mol. The quantitative estimate of drug-likeness (QED) is 0.227. The molecule has 0 bridgehead atoms. The lowest BCUT2D eigenvalue weighted by Crippen LogP contribution is -2.25. The summed E-state index contributed by atoms with van der Waals surface area (Å²) < 4.78 is 0. The highest BCUT2D eigenvalue weighted by molar-refractivity contribution is 6.02. The van der Waals surface area contributed by atoms with Crippen LogP contribution in [0.5, 0.6) is 0 Å². The van der Waals surface area contributed by atoms with Crippen LogP contribution < -0.4 is 5.32 Å². The summed E-state index contributed by atoms with van der Waals surface area (Å²) in [5, 5.41) is 14.6. The number of carbonyl (C=O) groups excluding carboxylic acids is 1. The van der Waals surface area contributed by atoms with E-state index in [1.165, 1.54) is 57.6 Å². The first-order chi connectivity index (χ1) is 11.8. The van der Waals surface area contributed by atoms with Gasteiger partial charge in [0.2, 0.25) is 0 Å². The third-order valence-electron chi connectivity index (χ3n) is 4.22. The number of nitrogens with zero attached hydrogens (tertiary/aromatic N) is 1. The van der Waals surface area contributed by atoms with Crippen molar-refractivity contribution in [3.05, 3.63) is 35.4 Å². The Labute approximate surface area is 146 Å². The molecule has 4 heteroatoms. The van der Waals surface area contributed by atoms with Crippen LogP contribution in [0, 0.1) is 0 Å². The Balaban J connectivity index is 2.08. The highest BCUT2D eigenvalue weighted by Crippen LogP contribution is 2.10. The molecule has 0 aliphatic heterocycles. The maximum atomic E-state index is 12.1. The van der Waals surface area contributed by atoms with Crippen LogP contribution in [0.25, 0.3) is 0 Å². The zero-order chi connectivity index (χ0) is 17.5. The Morgan fingerprint density at radius 2 is 1.58 bits per heavy atom. The van der Waals surface area contributed by atoms with Crippen molar-refractivity contribution < 1.29 is 10.0 Å². The molecule has 134 valence electrons. The zero-order valence-electron chi connectivity index (χ0n) is 15.0. The van der Waals surface area contributed by atoms with Gasteiger partial charge in [-0.1, -0.05) is 88.1 Å². The van der Waals surface area contributed by atoms with E-state index in [2.05, 4.69) is 17.4 Å². The van der Waals surface area contributed by atoms with Crippen LogP contribution in [0.2, 0.25) is 0 Å². The molecule has 4 nitrogen and oxygen atoms in total. The van der Waals surface area contributed by atoms with Crippen LogP contribution in [0.3, 0.4) is 0 Å². The first-order valence-corrected chi connectivity index (χ1v) is 9.34. The Bertz CT molecular complexity index is 486. The molecule has 1 aromatic carbocycles. The number of rotatable bonds is 13. The van der Waals surface area contributed by atoms with Gasteiger partial charge in [0.1, 0.15) is 0 Å². The van der Waals surface area contributed by atoms with Crippen LogP contribution in [-0.4, -0.2) is 23.9 Å². The second-order valence-corrected chi connectivity index (χ2v) is 6.27. The van der Waals surface area contributed by atoms with E-state index in [9.17, 15) is 4.79 Å². The average Bonchev–Trinajstić information content (AvgIpc) is 2.60. The average molecular weight is 332 g/mol. The summed E-state index contributed by atoms with van der Waals surface area (Å²) in [6.07, 6.45) is 14.1. The van der Waals surface area contributed by atoms with Gasteiger partial charge in [-0.25, -0.2) is 0 Å². The molecule has 0 saturated heterocycles. The molecule has 0 unspecified atom stereocenters. The van der Waals surface area contributed by atoms with E-state index < -0.39 is 0 Å². The molecule has 0 spiro atoms. The van der Waals surface area contributed by atoms with Crippen molar-refractivity contribution >= 4 is 12.1 Å². The van der Waals surface area contributed by atoms with Crippen LogP contribution in [0.15, 0.2) is 29.4 Å². The molecule has 0 saturated carbocycles. The largest absolute Gasteiger partial charge is 0.411 e. The molecule has 0 heterocycles. The van der Waals surface area contributed by atoms with Gasteiger partial charge in [0.05, 0.1) is 6.21 Å². The molecule has 0 aromatic heterocycles. The van der Waals surface area contributed by atoms with E-state index in [1.807, 2.05) is 12.1 Å². The fraction of sp³-hybridized carbons (Fsp3) is 0.600. The lowest BCUT2D eigenvalue weighted by atomic mass is 10.1. The first-order valence-electron chi connectivity index (χ1n) is 9.34. The number of oxime groups is 1. The Morgan fingerprint density at radius 1 is 1.00 bits per heavy atom. The van der Waals surface area contributed by atoms with Crippen molar-refractivity contribution in [3.63, 3.8) is 0 Å². The third-order valence-corrected chi connectivity index (χ3v) is 4.22. The maximum Gasteiger partial charge on any atom is 0.251 e. The lowest BCUT2D eigenvalue weighted by Gasteiger charge is -2.07. The van der Waals surface area contributed by atoms with Gasteiger partial charge in [0.25, 0.3) is 5.91 Å². The van der Waals surface area contributed by atoms with E-state index in [4.69, 9.17) is 5.21 Å². The van der Waals surface area contributed by atoms with Crippen molar-refractivity contribution in [1.29, 1.82) is 0 Å². The topological polar surface area (TPSA) is 61.7 Å². The van der Waals surface area contributed by atoms with Gasteiger partial charge in [-0.3, -0.25) is 4.79 Å². The van der Waals surface area contributed by atoms with Gasteiger partial charge >= 0.3 is 0 Å². The molecule has 0 fully saturated rings. The zero-order valence-corrected chi connectivity index (χ0v) is 15.0. The van der Waals surface area contributed by atoms with Crippen LogP contribution in [-0.2, 0) is 0 Å².